The van der Waals surface area contributed by atoms with Crippen LogP contribution in [-0.4, -0.2) is 148 Å². The number of amides is 3. The van der Waals surface area contributed by atoms with Crippen molar-refractivity contribution >= 4 is 35.0 Å². The molecule has 1 aliphatic heterocycles. The number of hydrogen-bond donors (Lipinski definition) is 4. The van der Waals surface area contributed by atoms with Gasteiger partial charge in [-0.3, -0.25) is 14.4 Å². The first-order valence-electron chi connectivity index (χ1n) is 18.0. The summed E-state index contributed by atoms with van der Waals surface area (Å²) in [6.45, 7) is 11.7. The number of nitrogens with one attached hydrogen (secondary N) is 2. The molecule has 1 aromatic carbocycles. The fourth-order valence-electron chi connectivity index (χ4n) is 5.54. The van der Waals surface area contributed by atoms with E-state index in [0.29, 0.717) is 39.6 Å². The van der Waals surface area contributed by atoms with Crippen LogP contribution in [0.1, 0.15) is 51.4 Å². The lowest BCUT2D eigenvalue weighted by Crippen LogP contribution is -2.58. The highest BCUT2D eigenvalue weighted by Crippen LogP contribution is 2.29. The fraction of sp³-hybridized carbons (Fsp3) is 0.649. The van der Waals surface area contributed by atoms with Crippen LogP contribution in [0.5, 0.6) is 0 Å². The number of carboxylic acids is 1. The van der Waals surface area contributed by atoms with Crippen molar-refractivity contribution in [1.29, 1.82) is 0 Å². The number of likely N-dealkylation sites (tertiary alicyclic amines) is 1. The minimum atomic E-state index is -1.02. The fourth-order valence-corrected chi connectivity index (χ4v) is 6.35. The Labute approximate surface area is 320 Å². The van der Waals surface area contributed by atoms with E-state index in [-0.39, 0.29) is 64.6 Å². The molecule has 0 saturated carbocycles. The Balaban J connectivity index is 1.33. The summed E-state index contributed by atoms with van der Waals surface area (Å²) in [7, 11) is 0. The van der Waals surface area contributed by atoms with Gasteiger partial charge in [0, 0.05) is 13.0 Å². The second-order valence-electron chi connectivity index (χ2n) is 13.8. The average Bonchev–Trinajstić information content (AvgIpc) is 3.74. The van der Waals surface area contributed by atoms with Gasteiger partial charge in [-0.05, 0) is 30.4 Å². The van der Waals surface area contributed by atoms with Crippen molar-refractivity contribution in [3.63, 3.8) is 0 Å². The minimum absolute atomic E-state index is 0.0226. The maximum Gasteiger partial charge on any atom is 0.329 e. The maximum atomic E-state index is 13.9. The van der Waals surface area contributed by atoms with E-state index in [2.05, 4.69) is 15.6 Å². The zero-order chi connectivity index (χ0) is 39.5. The first-order chi connectivity index (χ1) is 25.8. The molecular formula is C37H56N4O12S. The number of benzene rings is 1. The van der Waals surface area contributed by atoms with E-state index in [1.807, 2.05) is 64.4 Å². The number of aliphatic hydroxyl groups is 1. The topological polar surface area (TPSA) is 204 Å². The van der Waals surface area contributed by atoms with Crippen LogP contribution < -0.4 is 10.6 Å². The Kier molecular flexibility index (Phi) is 19.4. The number of carbonyl (C=O) groups is 4. The number of nitrogens with zero attached hydrogens (tertiary/aromatic N) is 2. The molecule has 302 valence electrons. The summed E-state index contributed by atoms with van der Waals surface area (Å²) in [6, 6.07) is 5.68. The average molecular weight is 781 g/mol. The Morgan fingerprint density at radius 1 is 0.852 bits per heavy atom. The van der Waals surface area contributed by atoms with Gasteiger partial charge in [0.15, 0.2) is 0 Å². The van der Waals surface area contributed by atoms with Crippen molar-refractivity contribution in [2.45, 2.75) is 65.3 Å². The predicted molar refractivity (Wildman–Crippen MR) is 199 cm³/mol. The number of aliphatic carboxylic acids is 1. The zero-order valence-corrected chi connectivity index (χ0v) is 32.7. The first-order valence-corrected chi connectivity index (χ1v) is 18.9. The van der Waals surface area contributed by atoms with Gasteiger partial charge in [-0.15, -0.1) is 11.3 Å². The molecule has 0 aliphatic carbocycles. The highest BCUT2D eigenvalue weighted by Gasteiger charge is 2.44. The van der Waals surface area contributed by atoms with Gasteiger partial charge >= 0.3 is 5.97 Å². The molecule has 54 heavy (non-hydrogen) atoms. The van der Waals surface area contributed by atoms with Crippen molar-refractivity contribution in [2.24, 2.45) is 5.41 Å². The highest BCUT2D eigenvalue weighted by atomic mass is 32.1. The number of thiazole rings is 1. The summed E-state index contributed by atoms with van der Waals surface area (Å²) in [4.78, 5) is 57.3. The monoisotopic (exact) mass is 780 g/mol. The van der Waals surface area contributed by atoms with Crippen molar-refractivity contribution < 1.29 is 57.8 Å². The number of aromatic nitrogens is 1. The third kappa shape index (κ3) is 15.7. The number of carbonyl (C=O) groups excluding carboxylic acids is 3. The molecule has 1 saturated heterocycles. The first kappa shape index (κ1) is 44.8. The third-order valence-electron chi connectivity index (χ3n) is 8.38. The van der Waals surface area contributed by atoms with Crippen LogP contribution >= 0.6 is 11.3 Å². The van der Waals surface area contributed by atoms with Gasteiger partial charge in [0.25, 0.3) is 0 Å². The van der Waals surface area contributed by atoms with Gasteiger partial charge in [0.2, 0.25) is 17.7 Å². The quantitative estimate of drug-likeness (QED) is 0.107. The summed E-state index contributed by atoms with van der Waals surface area (Å²) >= 11 is 1.57. The molecular weight excluding hydrogens is 724 g/mol. The van der Waals surface area contributed by atoms with Gasteiger partial charge < -0.3 is 54.2 Å². The van der Waals surface area contributed by atoms with Crippen LogP contribution in [0, 0.1) is 12.3 Å². The molecule has 1 aliphatic rings. The predicted octanol–water partition coefficient (Wildman–Crippen LogP) is 1.97. The van der Waals surface area contributed by atoms with Gasteiger partial charge in [-0.25, -0.2) is 9.78 Å². The molecule has 4 N–H and O–H groups in total. The van der Waals surface area contributed by atoms with E-state index in [9.17, 15) is 24.3 Å². The molecule has 0 bridgehead atoms. The summed E-state index contributed by atoms with van der Waals surface area (Å²) in [5.74, 6) is -2.34. The summed E-state index contributed by atoms with van der Waals surface area (Å²) < 4.78 is 31.9. The van der Waals surface area contributed by atoms with Crippen molar-refractivity contribution in [2.75, 3.05) is 85.8 Å². The summed E-state index contributed by atoms with van der Waals surface area (Å²) in [5, 5.41) is 24.8. The number of rotatable bonds is 25. The third-order valence-corrected chi connectivity index (χ3v) is 9.36. The molecule has 0 radical (unpaired) electrons. The van der Waals surface area contributed by atoms with E-state index in [1.54, 1.807) is 11.3 Å². The lowest BCUT2D eigenvalue weighted by Gasteiger charge is -2.35. The lowest BCUT2D eigenvalue weighted by molar-refractivity contribution is -0.144. The number of β-amino-alcohol motifs (C(OH)–C–C–N with tert-alkyl or cyclic N) is 1. The Bertz CT molecular complexity index is 1450. The maximum absolute atomic E-state index is 13.9. The molecule has 16 nitrogen and oxygen atoms in total. The summed E-state index contributed by atoms with van der Waals surface area (Å²) in [6.07, 6.45) is -0.788. The van der Waals surface area contributed by atoms with Crippen LogP contribution in [-0.2, 0) is 47.6 Å². The van der Waals surface area contributed by atoms with E-state index in [4.69, 9.17) is 33.5 Å². The van der Waals surface area contributed by atoms with Gasteiger partial charge in [-0.2, -0.15) is 0 Å². The second kappa shape index (κ2) is 23.4. The van der Waals surface area contributed by atoms with Gasteiger partial charge in [0.05, 0.1) is 94.3 Å². The van der Waals surface area contributed by atoms with Crippen molar-refractivity contribution in [1.82, 2.24) is 20.5 Å². The smallest absolute Gasteiger partial charge is 0.329 e. The molecule has 3 amide bonds. The number of ether oxygens (including phenoxy) is 6. The molecule has 0 spiro atoms. The Morgan fingerprint density at radius 3 is 1.85 bits per heavy atom. The van der Waals surface area contributed by atoms with Crippen LogP contribution in [0.3, 0.4) is 0 Å². The molecule has 4 atom stereocenters. The van der Waals surface area contributed by atoms with Crippen LogP contribution in [0.15, 0.2) is 29.8 Å². The Hall–Kier alpha value is -3.55. The SMILES string of the molecule is Cc1ncsc1-c1ccc(C(C)NC(=O)C2CC(O)CN2C(=O)C(NC(=O)COCCOCCOCCOCCOCCOCC(=O)O)C(C)(C)C)cc1. The number of aliphatic hydroxyl groups excluding tert-OH is 1. The van der Waals surface area contributed by atoms with Crippen molar-refractivity contribution in [3.05, 3.63) is 41.0 Å². The summed E-state index contributed by atoms with van der Waals surface area (Å²) in [5.41, 5.74) is 4.01. The van der Waals surface area contributed by atoms with Gasteiger partial charge in [-0.1, -0.05) is 45.0 Å². The molecule has 3 rings (SSSR count). The lowest BCUT2D eigenvalue weighted by atomic mass is 9.85. The van der Waals surface area contributed by atoms with E-state index in [0.717, 1.165) is 21.7 Å². The molecule has 1 fully saturated rings. The molecule has 4 unspecified atom stereocenters. The number of hydrogen-bond acceptors (Lipinski definition) is 13. The van der Waals surface area contributed by atoms with E-state index < -0.39 is 41.4 Å². The molecule has 1 aromatic heterocycles. The largest absolute Gasteiger partial charge is 0.480 e. The Morgan fingerprint density at radius 2 is 1.37 bits per heavy atom. The highest BCUT2D eigenvalue weighted by molar-refractivity contribution is 7.13. The standard InChI is InChI=1S/C37H56N4O12S/c1-25(27-6-8-28(9-7-27)33-26(2)38-24-54-33)39-35(46)30-20-29(42)21-41(30)36(47)34(37(3,4)5)40-31(43)22-52-18-16-50-14-12-48-10-11-49-13-15-51-17-19-53-23-32(44)45/h6-9,24-25,29-30,34,42H,10-23H2,1-5H3,(H,39,46)(H,40,43)(H,44,45). The second-order valence-corrected chi connectivity index (χ2v) is 14.7. The van der Waals surface area contributed by atoms with Crippen LogP contribution in [0.4, 0.5) is 0 Å². The van der Waals surface area contributed by atoms with Gasteiger partial charge in [0.1, 0.15) is 25.3 Å². The normalized spacial score (nSPS) is 17.0. The minimum Gasteiger partial charge on any atom is -0.480 e. The van der Waals surface area contributed by atoms with E-state index in [1.165, 1.54) is 4.90 Å². The zero-order valence-electron chi connectivity index (χ0n) is 31.9. The number of carboxylic acid groups (broad SMARTS) is 1. The molecule has 2 heterocycles. The van der Waals surface area contributed by atoms with Crippen molar-refractivity contribution in [3.8, 4) is 10.4 Å². The van der Waals surface area contributed by atoms with Crippen LogP contribution in [0.2, 0.25) is 0 Å². The number of aryl methyl sites for hydroxylation is 1. The molecule has 2 aromatic rings. The molecule has 17 heteroatoms. The van der Waals surface area contributed by atoms with Crippen LogP contribution in [0.25, 0.3) is 10.4 Å². The van der Waals surface area contributed by atoms with E-state index >= 15 is 0 Å².